The fourth-order valence-electron chi connectivity index (χ4n) is 1.75. The minimum atomic E-state index is 0. The SMILES string of the molecule is O=c1c2ccccc2oc2ccccc12.[H+]. The van der Waals surface area contributed by atoms with Gasteiger partial charge in [0.15, 0.2) is 0 Å². The van der Waals surface area contributed by atoms with Gasteiger partial charge in [-0.3, -0.25) is 4.79 Å². The maximum Gasteiger partial charge on any atom is 1.00 e. The fourth-order valence-corrected chi connectivity index (χ4v) is 1.75. The van der Waals surface area contributed by atoms with Gasteiger partial charge in [0, 0.05) is 0 Å². The van der Waals surface area contributed by atoms with Gasteiger partial charge < -0.3 is 4.42 Å². The van der Waals surface area contributed by atoms with Crippen LogP contribution in [0.25, 0.3) is 21.9 Å². The van der Waals surface area contributed by atoms with Crippen LogP contribution in [-0.4, -0.2) is 0 Å². The van der Waals surface area contributed by atoms with Crippen molar-refractivity contribution in [3.8, 4) is 0 Å². The first-order valence-corrected chi connectivity index (χ1v) is 4.77. The zero-order valence-electron chi connectivity index (χ0n) is 8.94. The second-order valence-electron chi connectivity index (χ2n) is 3.42. The van der Waals surface area contributed by atoms with Gasteiger partial charge in [-0.15, -0.1) is 0 Å². The van der Waals surface area contributed by atoms with Crippen LogP contribution in [0.4, 0.5) is 0 Å². The van der Waals surface area contributed by atoms with Crippen molar-refractivity contribution in [1.29, 1.82) is 0 Å². The molecule has 3 aromatic rings. The second kappa shape index (κ2) is 2.95. The molecule has 0 spiro atoms. The van der Waals surface area contributed by atoms with Crippen molar-refractivity contribution < 1.29 is 5.84 Å². The maximum atomic E-state index is 12.0. The van der Waals surface area contributed by atoms with Crippen molar-refractivity contribution in [2.24, 2.45) is 0 Å². The molecular weight excluding hydrogens is 188 g/mol. The summed E-state index contributed by atoms with van der Waals surface area (Å²) in [5.74, 6) is 0. The van der Waals surface area contributed by atoms with Crippen molar-refractivity contribution in [3.63, 3.8) is 0 Å². The predicted octanol–water partition coefficient (Wildman–Crippen LogP) is 3.06. The van der Waals surface area contributed by atoms with Gasteiger partial charge in [-0.1, -0.05) is 24.3 Å². The normalized spacial score (nSPS) is 10.9. The van der Waals surface area contributed by atoms with Gasteiger partial charge in [0.1, 0.15) is 11.2 Å². The summed E-state index contributed by atoms with van der Waals surface area (Å²) in [7, 11) is 0. The van der Waals surface area contributed by atoms with Gasteiger partial charge in [0.2, 0.25) is 5.43 Å². The van der Waals surface area contributed by atoms with Crippen molar-refractivity contribution in [1.82, 2.24) is 0 Å². The number of para-hydroxylation sites is 2. The van der Waals surface area contributed by atoms with Crippen LogP contribution in [0.3, 0.4) is 0 Å². The number of hydrogen-bond acceptors (Lipinski definition) is 2. The molecule has 2 nitrogen and oxygen atoms in total. The van der Waals surface area contributed by atoms with E-state index >= 15 is 0 Å². The van der Waals surface area contributed by atoms with Gasteiger partial charge in [-0.25, -0.2) is 0 Å². The van der Waals surface area contributed by atoms with Crippen LogP contribution >= 0.6 is 0 Å². The molecule has 2 aromatic carbocycles. The third-order valence-electron chi connectivity index (χ3n) is 2.48. The molecule has 0 saturated heterocycles. The summed E-state index contributed by atoms with van der Waals surface area (Å²) in [5, 5.41) is 1.27. The van der Waals surface area contributed by atoms with Gasteiger partial charge >= 0.3 is 1.43 Å². The molecule has 0 aliphatic heterocycles. The Morgan fingerprint density at radius 3 is 1.80 bits per heavy atom. The Morgan fingerprint density at radius 2 is 1.27 bits per heavy atom. The van der Waals surface area contributed by atoms with E-state index in [4.69, 9.17) is 4.42 Å². The summed E-state index contributed by atoms with van der Waals surface area (Å²) in [6.45, 7) is 0. The third kappa shape index (κ3) is 1.15. The lowest BCUT2D eigenvalue weighted by Crippen LogP contribution is -2.01. The fraction of sp³-hybridized carbons (Fsp3) is 0. The number of rotatable bonds is 0. The Morgan fingerprint density at radius 1 is 0.800 bits per heavy atom. The molecule has 72 valence electrons. The Kier molecular flexibility index (Phi) is 1.62. The van der Waals surface area contributed by atoms with Crippen LogP contribution < -0.4 is 5.43 Å². The van der Waals surface area contributed by atoms with E-state index in [-0.39, 0.29) is 6.86 Å². The third-order valence-corrected chi connectivity index (χ3v) is 2.48. The zero-order valence-corrected chi connectivity index (χ0v) is 7.94. The van der Waals surface area contributed by atoms with Crippen LogP contribution in [-0.2, 0) is 0 Å². The lowest BCUT2D eigenvalue weighted by molar-refractivity contribution is 0.660. The molecule has 0 atom stereocenters. The van der Waals surface area contributed by atoms with Crippen LogP contribution in [0, 0.1) is 0 Å². The molecule has 0 fully saturated rings. The van der Waals surface area contributed by atoms with Gasteiger partial charge in [-0.2, -0.15) is 0 Å². The molecule has 3 rings (SSSR count). The van der Waals surface area contributed by atoms with Crippen molar-refractivity contribution in [3.05, 3.63) is 58.8 Å². The van der Waals surface area contributed by atoms with E-state index < -0.39 is 0 Å². The molecule has 0 bridgehead atoms. The van der Waals surface area contributed by atoms with E-state index in [1.165, 1.54) is 0 Å². The highest BCUT2D eigenvalue weighted by molar-refractivity contribution is 5.89. The molecule has 0 aliphatic carbocycles. The highest BCUT2D eigenvalue weighted by Crippen LogP contribution is 2.17. The predicted molar refractivity (Wildman–Crippen MR) is 61.1 cm³/mol. The summed E-state index contributed by atoms with van der Waals surface area (Å²) in [6, 6.07) is 14.6. The van der Waals surface area contributed by atoms with E-state index in [1.54, 1.807) is 12.1 Å². The average molecular weight is 197 g/mol. The van der Waals surface area contributed by atoms with E-state index in [2.05, 4.69) is 0 Å². The largest absolute Gasteiger partial charge is 1.00 e. The summed E-state index contributed by atoms with van der Waals surface area (Å²) >= 11 is 0. The quantitative estimate of drug-likeness (QED) is 0.518. The Hall–Kier alpha value is -2.09. The molecule has 2 heteroatoms. The van der Waals surface area contributed by atoms with Crippen LogP contribution in [0.2, 0.25) is 0 Å². The first-order chi connectivity index (χ1) is 7.36. The first kappa shape index (κ1) is 8.24. The van der Waals surface area contributed by atoms with E-state index in [1.807, 2.05) is 36.4 Å². The number of benzene rings is 2. The van der Waals surface area contributed by atoms with Crippen molar-refractivity contribution in [2.45, 2.75) is 0 Å². The molecular formula is C13H9O2+. The minimum Gasteiger partial charge on any atom is -0.456 e. The van der Waals surface area contributed by atoms with Crippen molar-refractivity contribution >= 4 is 21.9 Å². The second-order valence-corrected chi connectivity index (χ2v) is 3.42. The smallest absolute Gasteiger partial charge is 0.456 e. The highest BCUT2D eigenvalue weighted by Gasteiger charge is 2.04. The van der Waals surface area contributed by atoms with Gasteiger partial charge in [0.25, 0.3) is 0 Å². The van der Waals surface area contributed by atoms with Gasteiger partial charge in [-0.05, 0) is 24.3 Å². The van der Waals surface area contributed by atoms with E-state index in [9.17, 15) is 4.79 Å². The Balaban J connectivity index is 0.000000963. The van der Waals surface area contributed by atoms with E-state index in [0.717, 1.165) is 0 Å². The van der Waals surface area contributed by atoms with Crippen molar-refractivity contribution in [2.75, 3.05) is 0 Å². The topological polar surface area (TPSA) is 30.2 Å². The average Bonchev–Trinajstić information content (AvgIpc) is 2.30. The molecule has 15 heavy (non-hydrogen) atoms. The molecule has 0 unspecified atom stereocenters. The zero-order chi connectivity index (χ0) is 10.3. The number of fused-ring (bicyclic) bond motifs is 2. The van der Waals surface area contributed by atoms with Crippen LogP contribution in [0.1, 0.15) is 1.43 Å². The van der Waals surface area contributed by atoms with Crippen LogP contribution in [0.15, 0.2) is 57.7 Å². The first-order valence-electron chi connectivity index (χ1n) is 4.77. The summed E-state index contributed by atoms with van der Waals surface area (Å²) < 4.78 is 5.63. The molecule has 0 saturated carbocycles. The summed E-state index contributed by atoms with van der Waals surface area (Å²) in [6.07, 6.45) is 0. The van der Waals surface area contributed by atoms with E-state index in [0.29, 0.717) is 21.9 Å². The lowest BCUT2D eigenvalue weighted by Gasteiger charge is -1.99. The molecule has 0 radical (unpaired) electrons. The van der Waals surface area contributed by atoms with Crippen LogP contribution in [0.5, 0.6) is 0 Å². The van der Waals surface area contributed by atoms with Gasteiger partial charge in [0.05, 0.1) is 10.8 Å². The molecule has 0 N–H and O–H groups in total. The lowest BCUT2D eigenvalue weighted by atomic mass is 10.1. The molecule has 1 aromatic heterocycles. The molecule has 0 amide bonds. The Labute approximate surface area is 87.2 Å². The number of hydrogen-bond donors (Lipinski definition) is 0. The molecule has 1 heterocycles. The highest BCUT2D eigenvalue weighted by atomic mass is 16.3. The Bertz CT molecular complexity index is 644. The minimum absolute atomic E-state index is 0. The summed E-state index contributed by atoms with van der Waals surface area (Å²) in [4.78, 5) is 12.0. The summed E-state index contributed by atoms with van der Waals surface area (Å²) in [5.41, 5.74) is 1.31. The maximum absolute atomic E-state index is 12.0. The monoisotopic (exact) mass is 197 g/mol. The standard InChI is InChI=1S/C13H8O2/c14-13-9-5-1-3-7-11(9)15-12-8-4-2-6-10(12)13/h1-8H/p+1. The molecule has 0 aliphatic rings.